The van der Waals surface area contributed by atoms with Gasteiger partial charge in [0, 0.05) is 10.9 Å². The first-order valence-corrected chi connectivity index (χ1v) is 7.42. The number of nitrogens with one attached hydrogen (secondary N) is 1. The van der Waals surface area contributed by atoms with E-state index in [2.05, 4.69) is 28.5 Å². The molecule has 0 saturated heterocycles. The second-order valence-electron chi connectivity index (χ2n) is 5.04. The molecule has 5 nitrogen and oxygen atoms in total. The first-order chi connectivity index (χ1) is 10.0. The number of aromatic nitrogens is 2. The van der Waals surface area contributed by atoms with Crippen molar-refractivity contribution in [3.05, 3.63) is 40.1 Å². The summed E-state index contributed by atoms with van der Waals surface area (Å²) in [6.45, 7) is 5.94. The van der Waals surface area contributed by atoms with Gasteiger partial charge in [-0.15, -0.1) is 10.2 Å². The highest BCUT2D eigenvalue weighted by molar-refractivity contribution is 7.15. The van der Waals surface area contributed by atoms with E-state index in [1.165, 1.54) is 22.5 Å². The van der Waals surface area contributed by atoms with Crippen molar-refractivity contribution in [1.82, 2.24) is 10.2 Å². The number of anilines is 1. The normalized spacial score (nSPS) is 11.0. The van der Waals surface area contributed by atoms with Crippen molar-refractivity contribution < 1.29 is 9.21 Å². The van der Waals surface area contributed by atoms with E-state index in [1.807, 2.05) is 19.9 Å². The fraction of sp³-hybridized carbons (Fsp3) is 0.267. The van der Waals surface area contributed by atoms with Gasteiger partial charge in [0.05, 0.1) is 12.7 Å². The van der Waals surface area contributed by atoms with Crippen molar-refractivity contribution in [1.29, 1.82) is 0 Å². The fourth-order valence-corrected chi connectivity index (χ4v) is 2.76. The Labute approximate surface area is 126 Å². The molecule has 3 aromatic rings. The lowest BCUT2D eigenvalue weighted by atomic mass is 10.0. The third-order valence-electron chi connectivity index (χ3n) is 3.39. The molecule has 21 heavy (non-hydrogen) atoms. The average Bonchev–Trinajstić information content (AvgIpc) is 2.98. The van der Waals surface area contributed by atoms with Gasteiger partial charge in [0.25, 0.3) is 0 Å². The second kappa shape index (κ2) is 5.29. The maximum Gasteiger partial charge on any atom is 0.230 e. The maximum atomic E-state index is 12.1. The summed E-state index contributed by atoms with van der Waals surface area (Å²) in [6.07, 6.45) is 1.91. The number of rotatable bonds is 3. The van der Waals surface area contributed by atoms with Crippen LogP contribution < -0.4 is 5.32 Å². The number of aryl methyl sites for hydroxylation is 3. The van der Waals surface area contributed by atoms with Gasteiger partial charge in [0.1, 0.15) is 10.6 Å². The van der Waals surface area contributed by atoms with E-state index in [0.29, 0.717) is 5.13 Å². The number of amides is 1. The fourth-order valence-electron chi connectivity index (χ4n) is 2.16. The third-order valence-corrected chi connectivity index (χ3v) is 4.15. The van der Waals surface area contributed by atoms with Crippen LogP contribution in [-0.4, -0.2) is 16.1 Å². The summed E-state index contributed by atoms with van der Waals surface area (Å²) in [4.78, 5) is 12.1. The molecular weight excluding hydrogens is 286 g/mol. The summed E-state index contributed by atoms with van der Waals surface area (Å²) in [7, 11) is 0. The van der Waals surface area contributed by atoms with Crippen LogP contribution in [0, 0.1) is 20.8 Å². The predicted octanol–water partition coefficient (Wildman–Crippen LogP) is 3.39. The Morgan fingerprint density at radius 1 is 1.24 bits per heavy atom. The highest BCUT2D eigenvalue weighted by Crippen LogP contribution is 2.25. The lowest BCUT2D eigenvalue weighted by Crippen LogP contribution is -2.14. The van der Waals surface area contributed by atoms with Crippen LogP contribution >= 0.6 is 11.3 Å². The highest BCUT2D eigenvalue weighted by Gasteiger charge is 2.13. The molecule has 0 radical (unpaired) electrons. The molecule has 1 aromatic carbocycles. The zero-order valence-electron chi connectivity index (χ0n) is 12.1. The van der Waals surface area contributed by atoms with E-state index in [1.54, 1.807) is 6.26 Å². The Morgan fingerprint density at radius 3 is 2.71 bits per heavy atom. The Kier molecular flexibility index (Phi) is 3.47. The largest absolute Gasteiger partial charge is 0.464 e. The van der Waals surface area contributed by atoms with Crippen molar-refractivity contribution in [2.75, 3.05) is 5.32 Å². The van der Waals surface area contributed by atoms with Crippen LogP contribution in [0.3, 0.4) is 0 Å². The number of benzene rings is 1. The molecule has 2 heterocycles. The molecule has 0 bridgehead atoms. The lowest BCUT2D eigenvalue weighted by molar-refractivity contribution is -0.115. The molecule has 6 heteroatoms. The summed E-state index contributed by atoms with van der Waals surface area (Å²) in [6, 6.07) is 4.06. The Bertz CT molecular complexity index is 820. The first-order valence-electron chi connectivity index (χ1n) is 6.60. The van der Waals surface area contributed by atoms with Crippen LogP contribution in [0.25, 0.3) is 11.0 Å². The molecule has 108 valence electrons. The minimum absolute atomic E-state index is 0.118. The molecule has 0 unspecified atom stereocenters. The van der Waals surface area contributed by atoms with Gasteiger partial charge < -0.3 is 9.73 Å². The van der Waals surface area contributed by atoms with Crippen LogP contribution in [0.5, 0.6) is 0 Å². The van der Waals surface area contributed by atoms with Crippen LogP contribution in [0.4, 0.5) is 5.13 Å². The zero-order valence-corrected chi connectivity index (χ0v) is 12.9. The molecular formula is C15H15N3O2S. The van der Waals surface area contributed by atoms with E-state index in [-0.39, 0.29) is 12.3 Å². The van der Waals surface area contributed by atoms with Gasteiger partial charge in [0.2, 0.25) is 11.0 Å². The van der Waals surface area contributed by atoms with Gasteiger partial charge >= 0.3 is 0 Å². The average molecular weight is 301 g/mol. The zero-order chi connectivity index (χ0) is 15.0. The molecule has 0 saturated carbocycles. The van der Waals surface area contributed by atoms with Crippen LogP contribution in [0.15, 0.2) is 22.8 Å². The molecule has 0 spiro atoms. The van der Waals surface area contributed by atoms with Gasteiger partial charge in [-0.1, -0.05) is 11.3 Å². The maximum absolute atomic E-state index is 12.1. The topological polar surface area (TPSA) is 68.0 Å². The number of fused-ring (bicyclic) bond motifs is 1. The van der Waals surface area contributed by atoms with Crippen molar-refractivity contribution in [3.8, 4) is 0 Å². The van der Waals surface area contributed by atoms with E-state index in [4.69, 9.17) is 4.42 Å². The quantitative estimate of drug-likeness (QED) is 0.805. The summed E-state index contributed by atoms with van der Waals surface area (Å²) >= 11 is 1.36. The minimum Gasteiger partial charge on any atom is -0.464 e. The van der Waals surface area contributed by atoms with Crippen molar-refractivity contribution in [2.24, 2.45) is 0 Å². The molecule has 0 aliphatic rings. The predicted molar refractivity (Wildman–Crippen MR) is 82.7 cm³/mol. The monoisotopic (exact) mass is 301 g/mol. The van der Waals surface area contributed by atoms with E-state index >= 15 is 0 Å². The number of carbonyl (C=O) groups excluding carboxylic acids is 1. The van der Waals surface area contributed by atoms with Crippen molar-refractivity contribution in [3.63, 3.8) is 0 Å². The smallest absolute Gasteiger partial charge is 0.230 e. The van der Waals surface area contributed by atoms with Crippen LogP contribution in [0.2, 0.25) is 0 Å². The lowest BCUT2D eigenvalue weighted by Gasteiger charge is -2.02. The SMILES string of the molecule is Cc1nnc(NC(=O)Cc2coc3cc(C)c(C)cc23)s1. The van der Waals surface area contributed by atoms with Crippen LogP contribution in [-0.2, 0) is 11.2 Å². The third kappa shape index (κ3) is 2.80. The highest BCUT2D eigenvalue weighted by atomic mass is 32.1. The Morgan fingerprint density at radius 2 is 2.00 bits per heavy atom. The van der Waals surface area contributed by atoms with E-state index in [9.17, 15) is 4.79 Å². The summed E-state index contributed by atoms with van der Waals surface area (Å²) in [5.41, 5.74) is 4.06. The molecule has 3 rings (SSSR count). The van der Waals surface area contributed by atoms with Gasteiger partial charge in [-0.2, -0.15) is 0 Å². The van der Waals surface area contributed by atoms with Crippen LogP contribution in [0.1, 0.15) is 21.7 Å². The molecule has 1 amide bonds. The van der Waals surface area contributed by atoms with Gasteiger partial charge in [-0.05, 0) is 44.0 Å². The van der Waals surface area contributed by atoms with Crippen molar-refractivity contribution >= 4 is 33.3 Å². The Hall–Kier alpha value is -2.21. The molecule has 1 N–H and O–H groups in total. The van der Waals surface area contributed by atoms with Gasteiger partial charge in [-0.3, -0.25) is 4.79 Å². The standard InChI is InChI=1S/C15H15N3O2S/c1-8-4-12-11(7-20-13(12)5-9(8)2)6-14(19)16-15-18-17-10(3)21-15/h4-5,7H,6H2,1-3H3,(H,16,18,19). The van der Waals surface area contributed by atoms with E-state index in [0.717, 1.165) is 21.5 Å². The molecule has 0 aliphatic heterocycles. The summed E-state index contributed by atoms with van der Waals surface area (Å²) in [5.74, 6) is -0.118. The number of carbonyl (C=O) groups is 1. The van der Waals surface area contributed by atoms with E-state index < -0.39 is 0 Å². The van der Waals surface area contributed by atoms with Crippen molar-refractivity contribution in [2.45, 2.75) is 27.2 Å². The first kappa shape index (κ1) is 13.8. The van der Waals surface area contributed by atoms with Gasteiger partial charge in [-0.25, -0.2) is 0 Å². The summed E-state index contributed by atoms with van der Waals surface area (Å²) < 4.78 is 5.53. The molecule has 2 aromatic heterocycles. The second-order valence-corrected chi connectivity index (χ2v) is 6.23. The molecule has 0 fully saturated rings. The summed E-state index contributed by atoms with van der Waals surface area (Å²) in [5, 5.41) is 12.9. The Balaban J connectivity index is 1.81. The van der Waals surface area contributed by atoms with Gasteiger partial charge in [0.15, 0.2) is 0 Å². The number of hydrogen-bond donors (Lipinski definition) is 1. The number of furan rings is 1. The minimum atomic E-state index is -0.118. The number of nitrogens with zero attached hydrogens (tertiary/aromatic N) is 2. The number of hydrogen-bond acceptors (Lipinski definition) is 5. The molecule has 0 atom stereocenters. The molecule has 0 aliphatic carbocycles.